The first-order valence-corrected chi connectivity index (χ1v) is 27.2. The van der Waals surface area contributed by atoms with Crippen LogP contribution in [0.2, 0.25) is 0 Å². The Morgan fingerprint density at radius 1 is 0.212 bits per heavy atom. The van der Waals surface area contributed by atoms with E-state index in [0.717, 1.165) is 100 Å². The van der Waals surface area contributed by atoms with Gasteiger partial charge in [0.25, 0.3) is 0 Å². The Bertz CT molecular complexity index is 4550. The van der Waals surface area contributed by atoms with E-state index in [1.807, 2.05) is 36.4 Å². The summed E-state index contributed by atoms with van der Waals surface area (Å²) in [6.45, 7) is 0. The summed E-state index contributed by atoms with van der Waals surface area (Å²) in [5, 5.41) is 4.78. The third-order valence-electron chi connectivity index (χ3n) is 15.6. The topological polar surface area (TPSA) is 48.5 Å². The van der Waals surface area contributed by atoms with Crippen molar-refractivity contribution in [2.24, 2.45) is 0 Å². The zero-order valence-corrected chi connectivity index (χ0v) is 43.5. The van der Waals surface area contributed by atoms with Gasteiger partial charge in [-0.05, 0) is 93.0 Å². The van der Waals surface area contributed by atoms with Crippen molar-refractivity contribution in [1.29, 1.82) is 0 Å². The molecular weight excluding hydrogens is 971 g/mol. The molecule has 5 heteroatoms. The molecule has 0 unspecified atom stereocenters. The van der Waals surface area contributed by atoms with Crippen molar-refractivity contribution in [3.8, 4) is 101 Å². The molecule has 15 aromatic rings. The molecule has 0 aliphatic rings. The minimum atomic E-state index is 0.581. The van der Waals surface area contributed by atoms with Gasteiger partial charge in [0.05, 0.1) is 27.8 Å². The van der Waals surface area contributed by atoms with E-state index in [1.165, 1.54) is 27.2 Å². The molecule has 15 rings (SSSR count). The van der Waals surface area contributed by atoms with Crippen LogP contribution in [-0.2, 0) is 0 Å². The normalized spacial score (nSPS) is 11.5. The van der Waals surface area contributed by atoms with Gasteiger partial charge in [0.1, 0.15) is 0 Å². The monoisotopic (exact) mass is 1020 g/mol. The van der Waals surface area contributed by atoms with Crippen LogP contribution in [0.15, 0.2) is 297 Å². The summed E-state index contributed by atoms with van der Waals surface area (Å²) in [4.78, 5) is 15.8. The first-order chi connectivity index (χ1) is 39.7. The molecule has 0 aliphatic heterocycles. The van der Waals surface area contributed by atoms with Crippen molar-refractivity contribution in [1.82, 2.24) is 24.1 Å². The van der Waals surface area contributed by atoms with Crippen molar-refractivity contribution < 1.29 is 0 Å². The van der Waals surface area contributed by atoms with Crippen LogP contribution in [0, 0.1) is 0 Å². The molecule has 5 nitrogen and oxygen atoms in total. The Morgan fingerprint density at radius 2 is 0.575 bits per heavy atom. The smallest absolute Gasteiger partial charge is 0.164 e. The van der Waals surface area contributed by atoms with Gasteiger partial charge in [-0.25, -0.2) is 15.0 Å². The quantitative estimate of drug-likeness (QED) is 0.137. The maximum atomic E-state index is 5.36. The zero-order valence-electron chi connectivity index (χ0n) is 43.5. The van der Waals surface area contributed by atoms with E-state index in [4.69, 9.17) is 15.0 Å². The SMILES string of the molecule is c1ccc(-c2ccc(-c3cc(-c4nc(-c5ccccc5)nc(-c5ccccc5)n4)cc(-c4ccc(-c5ccccc5)cc4)c3-n3c4ccc(-n5c6ccccc6c6ccccc65)cc4c4c(-c5ccccc5)cccc43)cc2)cc1. The fourth-order valence-corrected chi connectivity index (χ4v) is 11.8. The van der Waals surface area contributed by atoms with Crippen LogP contribution in [-0.4, -0.2) is 24.1 Å². The van der Waals surface area contributed by atoms with Gasteiger partial charge in [-0.3, -0.25) is 0 Å². The molecule has 12 aromatic carbocycles. The van der Waals surface area contributed by atoms with Crippen LogP contribution in [0.3, 0.4) is 0 Å². The number of para-hydroxylation sites is 2. The number of aromatic nitrogens is 5. The van der Waals surface area contributed by atoms with Crippen molar-refractivity contribution in [2.45, 2.75) is 0 Å². The first kappa shape index (κ1) is 46.5. The highest BCUT2D eigenvalue weighted by atomic mass is 15.0. The molecule has 0 aliphatic carbocycles. The number of fused-ring (bicyclic) bond motifs is 6. The third-order valence-corrected chi connectivity index (χ3v) is 15.6. The second kappa shape index (κ2) is 19.7. The van der Waals surface area contributed by atoms with Gasteiger partial charge in [-0.2, -0.15) is 0 Å². The Morgan fingerprint density at radius 3 is 1.06 bits per heavy atom. The fraction of sp³-hybridized carbons (Fsp3) is 0. The summed E-state index contributed by atoms with van der Waals surface area (Å²) in [7, 11) is 0. The zero-order chi connectivity index (χ0) is 52.9. The van der Waals surface area contributed by atoms with Gasteiger partial charge >= 0.3 is 0 Å². The van der Waals surface area contributed by atoms with Crippen molar-refractivity contribution in [2.75, 3.05) is 0 Å². The van der Waals surface area contributed by atoms with Gasteiger partial charge < -0.3 is 9.13 Å². The summed E-state index contributed by atoms with van der Waals surface area (Å²) in [5.74, 6) is 1.80. The summed E-state index contributed by atoms with van der Waals surface area (Å²) >= 11 is 0. The minimum Gasteiger partial charge on any atom is -0.309 e. The maximum absolute atomic E-state index is 5.36. The second-order valence-corrected chi connectivity index (χ2v) is 20.3. The van der Waals surface area contributed by atoms with Crippen LogP contribution in [0.25, 0.3) is 145 Å². The number of nitrogens with zero attached hydrogens (tertiary/aromatic N) is 5. The molecule has 0 saturated heterocycles. The van der Waals surface area contributed by atoms with Crippen molar-refractivity contribution in [3.63, 3.8) is 0 Å². The molecule has 0 N–H and O–H groups in total. The van der Waals surface area contributed by atoms with E-state index < -0.39 is 0 Å². The molecule has 0 amide bonds. The van der Waals surface area contributed by atoms with Crippen molar-refractivity contribution >= 4 is 43.6 Å². The Kier molecular flexibility index (Phi) is 11.4. The van der Waals surface area contributed by atoms with E-state index in [2.05, 4.69) is 270 Å². The van der Waals surface area contributed by atoms with E-state index in [1.54, 1.807) is 0 Å². The Hall–Kier alpha value is -10.8. The molecule has 80 heavy (non-hydrogen) atoms. The molecule has 0 atom stereocenters. The summed E-state index contributed by atoms with van der Waals surface area (Å²) in [6.07, 6.45) is 0. The highest BCUT2D eigenvalue weighted by Crippen LogP contribution is 2.47. The average Bonchev–Trinajstić information content (AvgIpc) is 4.29. The van der Waals surface area contributed by atoms with E-state index in [-0.39, 0.29) is 0 Å². The molecule has 0 radical (unpaired) electrons. The lowest BCUT2D eigenvalue weighted by molar-refractivity contribution is 1.07. The second-order valence-electron chi connectivity index (χ2n) is 20.3. The molecule has 3 heterocycles. The highest BCUT2D eigenvalue weighted by molar-refractivity contribution is 6.18. The van der Waals surface area contributed by atoms with Crippen LogP contribution in [0.1, 0.15) is 0 Å². The van der Waals surface area contributed by atoms with Crippen LogP contribution in [0.4, 0.5) is 0 Å². The number of hydrogen-bond acceptors (Lipinski definition) is 3. The lowest BCUT2D eigenvalue weighted by Gasteiger charge is -2.21. The maximum Gasteiger partial charge on any atom is 0.164 e. The first-order valence-electron chi connectivity index (χ1n) is 27.2. The fourth-order valence-electron chi connectivity index (χ4n) is 11.8. The predicted octanol–water partition coefficient (Wildman–Crippen LogP) is 19.4. The Balaban J connectivity index is 1.06. The minimum absolute atomic E-state index is 0.581. The largest absolute Gasteiger partial charge is 0.309 e. The van der Waals surface area contributed by atoms with Gasteiger partial charge in [-0.15, -0.1) is 0 Å². The lowest BCUT2D eigenvalue weighted by Crippen LogP contribution is -2.04. The van der Waals surface area contributed by atoms with Gasteiger partial charge in [-0.1, -0.05) is 249 Å². The van der Waals surface area contributed by atoms with Crippen LogP contribution >= 0.6 is 0 Å². The molecule has 0 spiro atoms. The van der Waals surface area contributed by atoms with Gasteiger partial charge in [0, 0.05) is 55.0 Å². The average molecular weight is 1020 g/mol. The Labute approximate surface area is 463 Å². The summed E-state index contributed by atoms with van der Waals surface area (Å²) in [5.41, 5.74) is 20.5. The summed E-state index contributed by atoms with van der Waals surface area (Å²) < 4.78 is 4.95. The molecule has 3 aromatic heterocycles. The van der Waals surface area contributed by atoms with Gasteiger partial charge in [0.2, 0.25) is 0 Å². The highest BCUT2D eigenvalue weighted by Gasteiger charge is 2.26. The lowest BCUT2D eigenvalue weighted by atomic mass is 9.91. The number of rotatable bonds is 10. The number of hydrogen-bond donors (Lipinski definition) is 0. The van der Waals surface area contributed by atoms with Crippen molar-refractivity contribution in [3.05, 3.63) is 297 Å². The third kappa shape index (κ3) is 8.15. The van der Waals surface area contributed by atoms with Crippen LogP contribution < -0.4 is 0 Å². The van der Waals surface area contributed by atoms with E-state index in [0.29, 0.717) is 17.5 Å². The molecule has 374 valence electrons. The predicted molar refractivity (Wildman–Crippen MR) is 332 cm³/mol. The standard InChI is InChI=1S/C75H49N5/c1-6-21-50(22-7-1)52-37-41-55(42-38-52)64-47-59(75-77-73(57-27-12-4-13-28-57)76-74(78-75)58-29-14-5-15-30-58)48-65(56-43-39-53(40-44-56)51-23-8-2-9-24-51)72(64)80-69-46-45-60(79-67-34-18-16-31-62(67)63-32-17-19-35-68(63)79)49-66(69)71-61(33-20-36-70(71)80)54-25-10-3-11-26-54/h1-49H. The van der Waals surface area contributed by atoms with Gasteiger partial charge in [0.15, 0.2) is 17.5 Å². The molecule has 0 saturated carbocycles. The van der Waals surface area contributed by atoms with E-state index >= 15 is 0 Å². The molecule has 0 fully saturated rings. The number of benzene rings is 12. The molecular formula is C75H49N5. The summed E-state index contributed by atoms with van der Waals surface area (Å²) in [6, 6.07) is 107. The van der Waals surface area contributed by atoms with E-state index in [9.17, 15) is 0 Å². The van der Waals surface area contributed by atoms with Crippen LogP contribution in [0.5, 0.6) is 0 Å². The molecule has 0 bridgehead atoms.